The molecule has 100 valence electrons. The summed E-state index contributed by atoms with van der Waals surface area (Å²) in [5.41, 5.74) is 1.11. The summed E-state index contributed by atoms with van der Waals surface area (Å²) in [5.74, 6) is 0.0485. The maximum atomic E-state index is 12.4. The van der Waals surface area contributed by atoms with Crippen molar-refractivity contribution >= 4 is 55.9 Å². The SMILES string of the molecule is O=C(c1ccc(Cl)c(Cl)c1)c1cc2cc(Br)ccc2o1. The van der Waals surface area contributed by atoms with Crippen LogP contribution in [0.15, 0.2) is 51.4 Å². The van der Waals surface area contributed by atoms with Crippen LogP contribution < -0.4 is 0 Å². The third-order valence-corrected chi connectivity index (χ3v) is 4.12. The zero-order valence-corrected chi connectivity index (χ0v) is 13.1. The number of fused-ring (bicyclic) bond motifs is 1. The molecule has 0 radical (unpaired) electrons. The van der Waals surface area contributed by atoms with Gasteiger partial charge >= 0.3 is 0 Å². The van der Waals surface area contributed by atoms with Crippen LogP contribution in [0.2, 0.25) is 10.0 Å². The molecule has 0 fully saturated rings. The Balaban J connectivity index is 2.05. The highest BCUT2D eigenvalue weighted by molar-refractivity contribution is 9.10. The molecule has 0 spiro atoms. The normalized spacial score (nSPS) is 10.9. The summed E-state index contributed by atoms with van der Waals surface area (Å²) in [5, 5.41) is 1.62. The van der Waals surface area contributed by atoms with E-state index in [1.54, 1.807) is 18.2 Å². The first-order chi connectivity index (χ1) is 9.54. The maximum Gasteiger partial charge on any atom is 0.228 e. The molecule has 0 saturated heterocycles. The molecule has 5 heteroatoms. The second-order valence-electron chi connectivity index (χ2n) is 4.25. The van der Waals surface area contributed by atoms with Crippen LogP contribution in [0.3, 0.4) is 0 Å². The Hall–Kier alpha value is -1.29. The molecule has 2 nitrogen and oxygen atoms in total. The van der Waals surface area contributed by atoms with Crippen LogP contribution in [0.5, 0.6) is 0 Å². The fourth-order valence-corrected chi connectivity index (χ4v) is 2.58. The summed E-state index contributed by atoms with van der Waals surface area (Å²) in [6.07, 6.45) is 0. The van der Waals surface area contributed by atoms with E-state index in [-0.39, 0.29) is 11.5 Å². The summed E-state index contributed by atoms with van der Waals surface area (Å²) in [7, 11) is 0. The van der Waals surface area contributed by atoms with Crippen LogP contribution >= 0.6 is 39.1 Å². The lowest BCUT2D eigenvalue weighted by Crippen LogP contribution is -1.99. The van der Waals surface area contributed by atoms with Gasteiger partial charge in [-0.15, -0.1) is 0 Å². The molecule has 2 aromatic carbocycles. The highest BCUT2D eigenvalue weighted by Crippen LogP contribution is 2.27. The number of hydrogen-bond acceptors (Lipinski definition) is 2. The molecule has 0 aliphatic heterocycles. The van der Waals surface area contributed by atoms with Gasteiger partial charge < -0.3 is 4.42 Å². The van der Waals surface area contributed by atoms with E-state index in [1.165, 1.54) is 6.07 Å². The van der Waals surface area contributed by atoms with Crippen molar-refractivity contribution in [3.63, 3.8) is 0 Å². The Labute approximate surface area is 133 Å². The third kappa shape index (κ3) is 2.49. The quantitative estimate of drug-likeness (QED) is 0.539. The van der Waals surface area contributed by atoms with Crippen LogP contribution in [-0.4, -0.2) is 5.78 Å². The molecule has 1 aromatic heterocycles. The van der Waals surface area contributed by atoms with Gasteiger partial charge in [0.15, 0.2) is 5.76 Å². The number of carbonyl (C=O) groups is 1. The minimum absolute atomic E-state index is 0.226. The van der Waals surface area contributed by atoms with Crippen molar-refractivity contribution in [2.24, 2.45) is 0 Å². The van der Waals surface area contributed by atoms with E-state index in [0.29, 0.717) is 21.2 Å². The first-order valence-electron chi connectivity index (χ1n) is 5.73. The predicted molar refractivity (Wildman–Crippen MR) is 83.8 cm³/mol. The number of carbonyl (C=O) groups excluding carboxylic acids is 1. The molecule has 0 saturated carbocycles. The fraction of sp³-hybridized carbons (Fsp3) is 0. The summed E-state index contributed by atoms with van der Waals surface area (Å²) in [6, 6.07) is 12.0. The maximum absolute atomic E-state index is 12.4. The topological polar surface area (TPSA) is 30.2 Å². The lowest BCUT2D eigenvalue weighted by atomic mass is 10.1. The standard InChI is InChI=1S/C15H7BrCl2O2/c16-10-2-4-13-9(5-10)7-14(20-13)15(19)8-1-3-11(17)12(18)6-8/h1-7H. The van der Waals surface area contributed by atoms with Crippen molar-refractivity contribution in [3.05, 3.63) is 68.3 Å². The van der Waals surface area contributed by atoms with E-state index in [0.717, 1.165) is 9.86 Å². The Morgan fingerprint density at radius 2 is 1.80 bits per heavy atom. The van der Waals surface area contributed by atoms with E-state index >= 15 is 0 Å². The van der Waals surface area contributed by atoms with Gasteiger partial charge in [0.2, 0.25) is 5.78 Å². The second-order valence-corrected chi connectivity index (χ2v) is 5.98. The number of furan rings is 1. The summed E-state index contributed by atoms with van der Waals surface area (Å²) >= 11 is 15.1. The van der Waals surface area contributed by atoms with E-state index < -0.39 is 0 Å². The minimum atomic E-state index is -0.226. The number of hydrogen-bond donors (Lipinski definition) is 0. The first kappa shape index (κ1) is 13.7. The largest absolute Gasteiger partial charge is 0.453 e. The van der Waals surface area contributed by atoms with Crippen LogP contribution in [0.1, 0.15) is 16.1 Å². The lowest BCUT2D eigenvalue weighted by molar-refractivity contribution is 0.101. The molecule has 20 heavy (non-hydrogen) atoms. The molecular weight excluding hydrogens is 363 g/mol. The smallest absolute Gasteiger partial charge is 0.228 e. The van der Waals surface area contributed by atoms with Gasteiger partial charge in [0.05, 0.1) is 10.0 Å². The van der Waals surface area contributed by atoms with Gasteiger partial charge in [-0.05, 0) is 42.5 Å². The lowest BCUT2D eigenvalue weighted by Gasteiger charge is -2.00. The van der Waals surface area contributed by atoms with Crippen molar-refractivity contribution in [2.45, 2.75) is 0 Å². The van der Waals surface area contributed by atoms with Crippen LogP contribution in [0.25, 0.3) is 11.0 Å². The van der Waals surface area contributed by atoms with Gasteiger partial charge in [-0.25, -0.2) is 0 Å². The molecule has 0 aliphatic carbocycles. The molecule has 0 unspecified atom stereocenters. The van der Waals surface area contributed by atoms with Crippen molar-refractivity contribution in [1.82, 2.24) is 0 Å². The number of halogens is 3. The number of ketones is 1. The monoisotopic (exact) mass is 368 g/mol. The van der Waals surface area contributed by atoms with E-state index in [2.05, 4.69) is 15.9 Å². The van der Waals surface area contributed by atoms with Crippen molar-refractivity contribution in [1.29, 1.82) is 0 Å². The van der Waals surface area contributed by atoms with Gasteiger partial charge in [-0.1, -0.05) is 39.1 Å². The predicted octanol–water partition coefficient (Wildman–Crippen LogP) is 5.73. The Morgan fingerprint density at radius 1 is 1.00 bits per heavy atom. The zero-order valence-electron chi connectivity index (χ0n) is 9.99. The van der Waals surface area contributed by atoms with Crippen molar-refractivity contribution in [2.75, 3.05) is 0 Å². The van der Waals surface area contributed by atoms with E-state index in [9.17, 15) is 4.79 Å². The average Bonchev–Trinajstić information content (AvgIpc) is 2.84. The molecule has 0 aliphatic rings. The molecule has 0 N–H and O–H groups in total. The first-order valence-corrected chi connectivity index (χ1v) is 7.28. The third-order valence-electron chi connectivity index (χ3n) is 2.88. The Morgan fingerprint density at radius 3 is 2.55 bits per heavy atom. The second kappa shape index (κ2) is 5.24. The summed E-state index contributed by atoms with van der Waals surface area (Å²) in [6.45, 7) is 0. The molecule has 0 amide bonds. The van der Waals surface area contributed by atoms with Crippen LogP contribution in [0, 0.1) is 0 Å². The highest BCUT2D eigenvalue weighted by Gasteiger charge is 2.15. The molecule has 0 bridgehead atoms. The number of rotatable bonds is 2. The minimum Gasteiger partial charge on any atom is -0.453 e. The zero-order chi connectivity index (χ0) is 14.3. The molecule has 1 heterocycles. The van der Waals surface area contributed by atoms with Crippen molar-refractivity contribution in [3.8, 4) is 0 Å². The summed E-state index contributed by atoms with van der Waals surface area (Å²) < 4.78 is 6.49. The van der Waals surface area contributed by atoms with E-state index in [1.807, 2.05) is 18.2 Å². The van der Waals surface area contributed by atoms with Gasteiger partial charge in [0, 0.05) is 15.4 Å². The average molecular weight is 370 g/mol. The van der Waals surface area contributed by atoms with E-state index in [4.69, 9.17) is 27.6 Å². The van der Waals surface area contributed by atoms with Crippen LogP contribution in [-0.2, 0) is 0 Å². The highest BCUT2D eigenvalue weighted by atomic mass is 79.9. The van der Waals surface area contributed by atoms with Gasteiger partial charge in [-0.3, -0.25) is 4.79 Å². The van der Waals surface area contributed by atoms with Crippen LogP contribution in [0.4, 0.5) is 0 Å². The Bertz CT molecular complexity index is 824. The number of benzene rings is 2. The van der Waals surface area contributed by atoms with Gasteiger partial charge in [0.1, 0.15) is 5.58 Å². The summed E-state index contributed by atoms with van der Waals surface area (Å²) in [4.78, 5) is 12.4. The molecule has 3 rings (SSSR count). The van der Waals surface area contributed by atoms with Crippen molar-refractivity contribution < 1.29 is 9.21 Å². The molecular formula is C15H7BrCl2O2. The molecule has 3 aromatic rings. The van der Waals surface area contributed by atoms with Gasteiger partial charge in [0.25, 0.3) is 0 Å². The fourth-order valence-electron chi connectivity index (χ4n) is 1.91. The molecule has 0 atom stereocenters. The Kier molecular flexibility index (Phi) is 3.59. The van der Waals surface area contributed by atoms with Gasteiger partial charge in [-0.2, -0.15) is 0 Å².